The Morgan fingerprint density at radius 3 is 2.65 bits per heavy atom. The lowest BCUT2D eigenvalue weighted by molar-refractivity contribution is -0.131. The first-order chi connectivity index (χ1) is 8.06. The Labute approximate surface area is 103 Å². The summed E-state index contributed by atoms with van der Waals surface area (Å²) in [6.07, 6.45) is 2.90. The Hall–Kier alpha value is -1.82. The van der Waals surface area contributed by atoms with Crippen LogP contribution in [0, 0.1) is 0 Å². The van der Waals surface area contributed by atoms with Gasteiger partial charge in [-0.1, -0.05) is 13.5 Å². The van der Waals surface area contributed by atoms with Crippen LogP contribution in [0.4, 0.5) is 0 Å². The molecule has 0 bridgehead atoms. The Morgan fingerprint density at radius 2 is 2.24 bits per heavy atom. The van der Waals surface area contributed by atoms with Crippen molar-refractivity contribution >= 4 is 24.0 Å². The van der Waals surface area contributed by atoms with E-state index in [0.717, 1.165) is 11.8 Å². The molecule has 0 unspecified atom stereocenters. The molecule has 1 aromatic heterocycles. The van der Waals surface area contributed by atoms with Gasteiger partial charge in [0.2, 0.25) is 0 Å². The number of aliphatic carboxylic acids is 1. The first kappa shape index (κ1) is 15.2. The number of carboxylic acid groups (broad SMARTS) is 1. The first-order valence-corrected chi connectivity index (χ1v) is 5.66. The van der Waals surface area contributed by atoms with Gasteiger partial charge < -0.3 is 10.2 Å². The monoisotopic (exact) mass is 255 g/mol. The van der Waals surface area contributed by atoms with Gasteiger partial charge in [-0.3, -0.25) is 9.78 Å². The van der Waals surface area contributed by atoms with Crippen LogP contribution >= 0.6 is 11.8 Å². The van der Waals surface area contributed by atoms with E-state index in [1.54, 1.807) is 0 Å². The second-order valence-electron chi connectivity index (χ2n) is 2.64. The number of aldehydes is 1. The molecule has 0 radical (unpaired) electrons. The highest BCUT2D eigenvalue weighted by atomic mass is 32.2. The molecule has 6 heteroatoms. The van der Waals surface area contributed by atoms with Crippen molar-refractivity contribution in [1.82, 2.24) is 4.98 Å². The molecule has 17 heavy (non-hydrogen) atoms. The predicted octanol–water partition coefficient (Wildman–Crippen LogP) is 1.97. The topological polar surface area (TPSA) is 87.5 Å². The summed E-state index contributed by atoms with van der Waals surface area (Å²) in [4.78, 5) is 24.1. The van der Waals surface area contributed by atoms with Gasteiger partial charge in [-0.25, -0.2) is 4.79 Å². The van der Waals surface area contributed by atoms with Gasteiger partial charge in [0.05, 0.1) is 4.90 Å². The van der Waals surface area contributed by atoms with Crippen molar-refractivity contribution in [2.75, 3.05) is 5.75 Å². The molecular weight excluding hydrogens is 242 g/mol. The lowest BCUT2D eigenvalue weighted by Gasteiger charge is -2.02. The highest BCUT2D eigenvalue weighted by molar-refractivity contribution is 7.99. The van der Waals surface area contributed by atoms with E-state index in [1.807, 2.05) is 6.92 Å². The van der Waals surface area contributed by atoms with E-state index in [1.165, 1.54) is 24.0 Å². The number of carbonyl (C=O) groups excluding carboxylic acids is 1. The van der Waals surface area contributed by atoms with Crippen molar-refractivity contribution in [1.29, 1.82) is 0 Å². The molecular formula is C11H13NO4S. The van der Waals surface area contributed by atoms with Gasteiger partial charge in [0.1, 0.15) is 11.4 Å². The van der Waals surface area contributed by atoms with Crippen LogP contribution in [0.1, 0.15) is 17.4 Å². The number of carboxylic acids is 1. The quantitative estimate of drug-likeness (QED) is 0.486. The van der Waals surface area contributed by atoms with Crippen LogP contribution in [-0.2, 0) is 4.79 Å². The molecule has 1 rings (SSSR count). The average Bonchev–Trinajstić information content (AvgIpc) is 2.32. The van der Waals surface area contributed by atoms with E-state index in [-0.39, 0.29) is 5.75 Å². The predicted molar refractivity (Wildman–Crippen MR) is 65.5 cm³/mol. The SMILES string of the molecule is C=CC(=O)O.CCSc1c(O)ccnc1C=O. The van der Waals surface area contributed by atoms with Crippen molar-refractivity contribution < 1.29 is 19.8 Å². The van der Waals surface area contributed by atoms with Gasteiger partial charge in [0.15, 0.2) is 6.29 Å². The van der Waals surface area contributed by atoms with Gasteiger partial charge in [-0.15, -0.1) is 11.8 Å². The van der Waals surface area contributed by atoms with Crippen LogP contribution in [0.15, 0.2) is 29.8 Å². The third-order valence-electron chi connectivity index (χ3n) is 1.49. The molecule has 1 aromatic rings. The van der Waals surface area contributed by atoms with E-state index in [2.05, 4.69) is 11.6 Å². The second kappa shape index (κ2) is 8.35. The lowest BCUT2D eigenvalue weighted by Crippen LogP contribution is -1.90. The van der Waals surface area contributed by atoms with Gasteiger partial charge in [-0.2, -0.15) is 0 Å². The Bertz CT molecular complexity index is 406. The van der Waals surface area contributed by atoms with E-state index in [9.17, 15) is 14.7 Å². The smallest absolute Gasteiger partial charge is 0.327 e. The third kappa shape index (κ3) is 5.72. The van der Waals surface area contributed by atoms with E-state index >= 15 is 0 Å². The maximum Gasteiger partial charge on any atom is 0.327 e. The number of pyridine rings is 1. The standard InChI is InChI=1S/C8H9NO2S.C3H4O2/c1-2-12-8-6(5-10)9-4-3-7(8)11;1-2-3(4)5/h3-5H,2H2,1H3,(H,9,11);2H,1H2,(H,4,5). The van der Waals surface area contributed by atoms with Gasteiger partial charge in [-0.05, 0) is 11.8 Å². The zero-order valence-corrected chi connectivity index (χ0v) is 10.1. The molecule has 5 nitrogen and oxygen atoms in total. The zero-order valence-electron chi connectivity index (χ0n) is 9.29. The van der Waals surface area contributed by atoms with Crippen LogP contribution in [0.5, 0.6) is 5.75 Å². The molecule has 0 amide bonds. The summed E-state index contributed by atoms with van der Waals surface area (Å²) in [5, 5.41) is 16.9. The van der Waals surface area contributed by atoms with Crippen molar-refractivity contribution in [3.8, 4) is 5.75 Å². The summed E-state index contributed by atoms with van der Waals surface area (Å²) in [6.45, 7) is 4.91. The Balaban J connectivity index is 0.000000437. The fourth-order valence-corrected chi connectivity index (χ4v) is 1.58. The van der Waals surface area contributed by atoms with Gasteiger partial charge in [0, 0.05) is 12.3 Å². The lowest BCUT2D eigenvalue weighted by atomic mass is 10.3. The Kier molecular flexibility index (Phi) is 7.45. The molecule has 0 spiro atoms. The van der Waals surface area contributed by atoms with Crippen molar-refractivity contribution in [3.63, 3.8) is 0 Å². The summed E-state index contributed by atoms with van der Waals surface area (Å²) in [5.41, 5.74) is 0.307. The molecule has 0 aliphatic heterocycles. The molecule has 0 fully saturated rings. The molecule has 0 aromatic carbocycles. The van der Waals surface area contributed by atoms with E-state index in [4.69, 9.17) is 5.11 Å². The number of aromatic nitrogens is 1. The summed E-state index contributed by atoms with van der Waals surface area (Å²) in [5.74, 6) is -0.0518. The van der Waals surface area contributed by atoms with Crippen LogP contribution in [0.2, 0.25) is 0 Å². The van der Waals surface area contributed by atoms with Crippen molar-refractivity contribution in [3.05, 3.63) is 30.6 Å². The number of hydrogen-bond acceptors (Lipinski definition) is 5. The largest absolute Gasteiger partial charge is 0.507 e. The molecule has 0 saturated heterocycles. The fourth-order valence-electron chi connectivity index (χ4n) is 0.830. The van der Waals surface area contributed by atoms with Gasteiger partial charge in [0.25, 0.3) is 0 Å². The molecule has 1 heterocycles. The minimum absolute atomic E-state index is 0.124. The fraction of sp³-hybridized carbons (Fsp3) is 0.182. The van der Waals surface area contributed by atoms with Gasteiger partial charge >= 0.3 is 5.97 Å². The first-order valence-electron chi connectivity index (χ1n) is 4.68. The summed E-state index contributed by atoms with van der Waals surface area (Å²) >= 11 is 1.41. The van der Waals surface area contributed by atoms with E-state index in [0.29, 0.717) is 16.9 Å². The molecule has 0 aliphatic rings. The van der Waals surface area contributed by atoms with Crippen LogP contribution < -0.4 is 0 Å². The number of thioether (sulfide) groups is 1. The minimum atomic E-state index is -0.981. The highest BCUT2D eigenvalue weighted by Crippen LogP contribution is 2.29. The van der Waals surface area contributed by atoms with Crippen molar-refractivity contribution in [2.24, 2.45) is 0 Å². The van der Waals surface area contributed by atoms with E-state index < -0.39 is 5.97 Å². The normalized spacial score (nSPS) is 8.76. The summed E-state index contributed by atoms with van der Waals surface area (Å²) in [7, 11) is 0. The molecule has 2 N–H and O–H groups in total. The third-order valence-corrected chi connectivity index (χ3v) is 2.48. The molecule has 0 saturated carbocycles. The van der Waals surface area contributed by atoms with Crippen LogP contribution in [0.3, 0.4) is 0 Å². The number of rotatable bonds is 4. The molecule has 92 valence electrons. The number of hydrogen-bond donors (Lipinski definition) is 2. The second-order valence-corrected chi connectivity index (χ2v) is 3.91. The Morgan fingerprint density at radius 1 is 1.65 bits per heavy atom. The zero-order chi connectivity index (χ0) is 13.3. The minimum Gasteiger partial charge on any atom is -0.507 e. The maximum absolute atomic E-state index is 10.5. The average molecular weight is 255 g/mol. The van der Waals surface area contributed by atoms with Crippen LogP contribution in [-0.4, -0.2) is 33.2 Å². The summed E-state index contributed by atoms with van der Waals surface area (Å²) in [6, 6.07) is 1.48. The molecule has 0 atom stereocenters. The molecule has 0 aliphatic carbocycles. The van der Waals surface area contributed by atoms with Crippen molar-refractivity contribution in [2.45, 2.75) is 11.8 Å². The number of carbonyl (C=O) groups is 2. The number of nitrogens with zero attached hydrogens (tertiary/aromatic N) is 1. The summed E-state index contributed by atoms with van der Waals surface area (Å²) < 4.78 is 0. The maximum atomic E-state index is 10.5. The highest BCUT2D eigenvalue weighted by Gasteiger charge is 2.07. The van der Waals surface area contributed by atoms with Crippen LogP contribution in [0.25, 0.3) is 0 Å². The number of aromatic hydroxyl groups is 1.